The molecule has 0 heterocycles. The lowest BCUT2D eigenvalue weighted by Crippen LogP contribution is -2.34. The summed E-state index contributed by atoms with van der Waals surface area (Å²) < 4.78 is 19.1. The molecule has 0 atom stereocenters. The van der Waals surface area contributed by atoms with Crippen molar-refractivity contribution in [2.45, 2.75) is 24.8 Å². The zero-order chi connectivity index (χ0) is 18.0. The number of carboxylic acid groups (broad SMARTS) is 1. The Hall–Kier alpha value is -2.89. The van der Waals surface area contributed by atoms with Gasteiger partial charge >= 0.3 is 5.97 Å². The highest BCUT2D eigenvalue weighted by Crippen LogP contribution is 2.49. The van der Waals surface area contributed by atoms with Crippen LogP contribution in [0.4, 0.5) is 4.39 Å². The Morgan fingerprint density at radius 1 is 1.24 bits per heavy atom. The van der Waals surface area contributed by atoms with E-state index in [-0.39, 0.29) is 29.6 Å². The van der Waals surface area contributed by atoms with E-state index in [0.717, 1.165) is 0 Å². The van der Waals surface area contributed by atoms with Crippen LogP contribution in [0.25, 0.3) is 0 Å². The smallest absolute Gasteiger partial charge is 0.339 e. The van der Waals surface area contributed by atoms with E-state index in [4.69, 9.17) is 9.84 Å². The van der Waals surface area contributed by atoms with Gasteiger partial charge in [0.1, 0.15) is 17.1 Å². The van der Waals surface area contributed by atoms with Gasteiger partial charge in [0.15, 0.2) is 0 Å². The number of nitrogens with one attached hydrogen (secondary N) is 1. The molecule has 3 rings (SSSR count). The summed E-state index contributed by atoms with van der Waals surface area (Å²) >= 11 is 0. The first kappa shape index (κ1) is 17.0. The average Bonchev–Trinajstić information content (AvgIpc) is 3.41. The van der Waals surface area contributed by atoms with Crippen LogP contribution in [0.2, 0.25) is 0 Å². The van der Waals surface area contributed by atoms with Gasteiger partial charge in [0.2, 0.25) is 5.91 Å². The van der Waals surface area contributed by atoms with Gasteiger partial charge in [0.25, 0.3) is 0 Å². The number of aromatic carboxylic acids is 1. The van der Waals surface area contributed by atoms with Crippen molar-refractivity contribution < 1.29 is 23.8 Å². The third-order valence-electron chi connectivity index (χ3n) is 4.52. The Morgan fingerprint density at radius 3 is 2.56 bits per heavy atom. The molecule has 0 radical (unpaired) electrons. The highest BCUT2D eigenvalue weighted by atomic mass is 19.1. The average molecular weight is 343 g/mol. The van der Waals surface area contributed by atoms with E-state index >= 15 is 0 Å². The van der Waals surface area contributed by atoms with Crippen LogP contribution >= 0.6 is 0 Å². The summed E-state index contributed by atoms with van der Waals surface area (Å²) in [6.07, 6.45) is 1.22. The number of carbonyl (C=O) groups excluding carboxylic acids is 1. The fraction of sp³-hybridized carbons (Fsp3) is 0.263. The van der Waals surface area contributed by atoms with Crippen LogP contribution in [0.3, 0.4) is 0 Å². The number of rotatable bonds is 6. The number of carbonyl (C=O) groups is 2. The number of ether oxygens (including phenoxy) is 1. The second-order valence-electron chi connectivity index (χ2n) is 6.08. The van der Waals surface area contributed by atoms with Crippen LogP contribution in [-0.4, -0.2) is 24.1 Å². The normalized spacial score (nSPS) is 14.6. The van der Waals surface area contributed by atoms with Crippen molar-refractivity contribution in [3.63, 3.8) is 0 Å². The van der Waals surface area contributed by atoms with E-state index in [1.54, 1.807) is 30.3 Å². The summed E-state index contributed by atoms with van der Waals surface area (Å²) in [4.78, 5) is 23.7. The van der Waals surface area contributed by atoms with Crippen molar-refractivity contribution >= 4 is 11.9 Å². The molecule has 2 aromatic carbocycles. The molecule has 0 saturated heterocycles. The Morgan fingerprint density at radius 2 is 1.96 bits per heavy atom. The van der Waals surface area contributed by atoms with Gasteiger partial charge in [-0.3, -0.25) is 4.79 Å². The largest absolute Gasteiger partial charge is 0.496 e. The fourth-order valence-corrected chi connectivity index (χ4v) is 2.97. The molecule has 0 spiro atoms. The van der Waals surface area contributed by atoms with Crippen LogP contribution in [0.5, 0.6) is 5.75 Å². The first-order chi connectivity index (χ1) is 12.0. The summed E-state index contributed by atoms with van der Waals surface area (Å²) in [5.41, 5.74) is 0.393. The third kappa shape index (κ3) is 3.20. The minimum Gasteiger partial charge on any atom is -0.496 e. The molecule has 5 nitrogen and oxygen atoms in total. The number of hydrogen-bond acceptors (Lipinski definition) is 3. The van der Waals surface area contributed by atoms with Crippen LogP contribution in [0.1, 0.15) is 34.3 Å². The zero-order valence-corrected chi connectivity index (χ0v) is 13.7. The SMILES string of the molecule is COc1cc(CNC(=O)C2(c3ccccc3F)CC2)ccc1C(=O)O. The molecule has 1 fully saturated rings. The second kappa shape index (κ2) is 6.55. The zero-order valence-electron chi connectivity index (χ0n) is 13.7. The molecule has 0 unspecified atom stereocenters. The van der Waals surface area contributed by atoms with E-state index in [0.29, 0.717) is 24.0 Å². The number of halogens is 1. The minimum absolute atomic E-state index is 0.0580. The summed E-state index contributed by atoms with van der Waals surface area (Å²) in [6.45, 7) is 0.214. The molecule has 130 valence electrons. The Balaban J connectivity index is 1.73. The molecule has 0 aliphatic heterocycles. The Bertz CT molecular complexity index is 830. The van der Waals surface area contributed by atoms with Gasteiger partial charge in [-0.2, -0.15) is 0 Å². The van der Waals surface area contributed by atoms with Gasteiger partial charge in [-0.15, -0.1) is 0 Å². The predicted octanol–water partition coefficient (Wildman–Crippen LogP) is 2.88. The number of methoxy groups -OCH3 is 1. The van der Waals surface area contributed by atoms with Crippen LogP contribution in [0.15, 0.2) is 42.5 Å². The maximum Gasteiger partial charge on any atom is 0.339 e. The van der Waals surface area contributed by atoms with Crippen LogP contribution < -0.4 is 10.1 Å². The summed E-state index contributed by atoms with van der Waals surface area (Å²) in [6, 6.07) is 11.0. The summed E-state index contributed by atoms with van der Waals surface area (Å²) in [5, 5.41) is 11.9. The van der Waals surface area contributed by atoms with Crippen molar-refractivity contribution in [3.8, 4) is 5.75 Å². The monoisotopic (exact) mass is 343 g/mol. The molecule has 0 aromatic heterocycles. The Kier molecular flexibility index (Phi) is 4.44. The summed E-state index contributed by atoms with van der Waals surface area (Å²) in [5.74, 6) is -1.44. The third-order valence-corrected chi connectivity index (χ3v) is 4.52. The molecule has 1 aliphatic rings. The molecule has 2 aromatic rings. The van der Waals surface area contributed by atoms with E-state index < -0.39 is 11.4 Å². The number of amides is 1. The minimum atomic E-state index is -1.08. The standard InChI is InChI=1S/C19H18FNO4/c1-25-16-10-12(6-7-13(16)17(22)23)11-21-18(24)19(8-9-19)14-4-2-3-5-15(14)20/h2-7,10H,8-9,11H2,1H3,(H,21,24)(H,22,23). The van der Waals surface area contributed by atoms with Gasteiger partial charge in [-0.05, 0) is 36.6 Å². The second-order valence-corrected chi connectivity index (χ2v) is 6.08. The van der Waals surface area contributed by atoms with Crippen molar-refractivity contribution in [3.05, 3.63) is 65.0 Å². The highest BCUT2D eigenvalue weighted by molar-refractivity contribution is 5.92. The first-order valence-electron chi connectivity index (χ1n) is 7.91. The number of hydrogen-bond donors (Lipinski definition) is 2. The quantitative estimate of drug-likeness (QED) is 0.846. The maximum absolute atomic E-state index is 14.0. The van der Waals surface area contributed by atoms with Crippen LogP contribution in [-0.2, 0) is 16.8 Å². The molecule has 0 bridgehead atoms. The lowest BCUT2D eigenvalue weighted by Gasteiger charge is -2.17. The van der Waals surface area contributed by atoms with Gasteiger partial charge in [0.05, 0.1) is 12.5 Å². The Labute approximate surface area is 144 Å². The van der Waals surface area contributed by atoms with Crippen molar-refractivity contribution in [1.29, 1.82) is 0 Å². The van der Waals surface area contributed by atoms with E-state index in [1.165, 1.54) is 19.2 Å². The molecule has 25 heavy (non-hydrogen) atoms. The van der Waals surface area contributed by atoms with Gasteiger partial charge in [-0.1, -0.05) is 24.3 Å². The van der Waals surface area contributed by atoms with E-state index in [9.17, 15) is 14.0 Å². The maximum atomic E-state index is 14.0. The molecule has 1 saturated carbocycles. The molecular weight excluding hydrogens is 325 g/mol. The van der Waals surface area contributed by atoms with Crippen molar-refractivity contribution in [1.82, 2.24) is 5.32 Å². The number of benzene rings is 2. The van der Waals surface area contributed by atoms with Gasteiger partial charge < -0.3 is 15.2 Å². The van der Waals surface area contributed by atoms with Gasteiger partial charge in [0, 0.05) is 12.1 Å². The molecular formula is C19H18FNO4. The van der Waals surface area contributed by atoms with E-state index in [2.05, 4.69) is 5.32 Å². The summed E-state index contributed by atoms with van der Waals surface area (Å²) in [7, 11) is 1.39. The predicted molar refractivity (Wildman–Crippen MR) is 89.1 cm³/mol. The van der Waals surface area contributed by atoms with E-state index in [1.807, 2.05) is 0 Å². The first-order valence-corrected chi connectivity index (χ1v) is 7.91. The number of carboxylic acids is 1. The lowest BCUT2D eigenvalue weighted by molar-refractivity contribution is -0.123. The molecule has 2 N–H and O–H groups in total. The lowest BCUT2D eigenvalue weighted by atomic mass is 9.94. The molecule has 1 amide bonds. The highest BCUT2D eigenvalue weighted by Gasteiger charge is 2.52. The fourth-order valence-electron chi connectivity index (χ4n) is 2.97. The van der Waals surface area contributed by atoms with Gasteiger partial charge in [-0.25, -0.2) is 9.18 Å². The van der Waals surface area contributed by atoms with Crippen molar-refractivity contribution in [2.75, 3.05) is 7.11 Å². The molecule has 1 aliphatic carbocycles. The van der Waals surface area contributed by atoms with Crippen molar-refractivity contribution in [2.24, 2.45) is 0 Å². The molecule has 6 heteroatoms. The topological polar surface area (TPSA) is 75.6 Å². The van der Waals surface area contributed by atoms with Crippen LogP contribution in [0, 0.1) is 5.82 Å².